The summed E-state index contributed by atoms with van der Waals surface area (Å²) >= 11 is 0. The van der Waals surface area contributed by atoms with Crippen molar-refractivity contribution in [2.75, 3.05) is 7.05 Å². The molecule has 1 atom stereocenters. The van der Waals surface area contributed by atoms with Crippen LogP contribution in [-0.4, -0.2) is 35.1 Å². The van der Waals surface area contributed by atoms with E-state index in [0.717, 1.165) is 25.7 Å². The molecule has 0 radical (unpaired) electrons. The van der Waals surface area contributed by atoms with Gasteiger partial charge in [0.1, 0.15) is 6.04 Å². The lowest BCUT2D eigenvalue weighted by molar-refractivity contribution is -0.144. The monoisotopic (exact) mass is 241 g/mol. The summed E-state index contributed by atoms with van der Waals surface area (Å²) in [7, 11) is 1.98. The molecule has 0 heterocycles. The lowest BCUT2D eigenvalue weighted by Gasteiger charge is -2.40. The van der Waals surface area contributed by atoms with E-state index >= 15 is 0 Å². The summed E-state index contributed by atoms with van der Waals surface area (Å²) in [4.78, 5) is 13.4. The molecule has 0 aliphatic heterocycles. The standard InChI is InChI=1S/C14H27NO2/c1-5-6-12(13(16)17)15(4)11-7-9-14(2,3)10-8-11/h11-12H,5-10H2,1-4H3,(H,16,17). The van der Waals surface area contributed by atoms with Gasteiger partial charge in [0.25, 0.3) is 0 Å². The molecule has 3 heteroatoms. The predicted molar refractivity (Wildman–Crippen MR) is 70.1 cm³/mol. The van der Waals surface area contributed by atoms with Crippen molar-refractivity contribution in [3.05, 3.63) is 0 Å². The number of hydrogen-bond donors (Lipinski definition) is 1. The fourth-order valence-corrected chi connectivity index (χ4v) is 2.82. The summed E-state index contributed by atoms with van der Waals surface area (Å²) in [5, 5.41) is 9.27. The molecule has 0 spiro atoms. The van der Waals surface area contributed by atoms with Gasteiger partial charge in [-0.2, -0.15) is 0 Å². The third-order valence-corrected chi connectivity index (χ3v) is 4.22. The van der Waals surface area contributed by atoms with Gasteiger partial charge in [-0.25, -0.2) is 0 Å². The van der Waals surface area contributed by atoms with Crippen LogP contribution in [0.2, 0.25) is 0 Å². The first-order valence-corrected chi connectivity index (χ1v) is 6.82. The maximum Gasteiger partial charge on any atom is 0.320 e. The normalized spacial score (nSPS) is 22.6. The largest absolute Gasteiger partial charge is 0.480 e. The van der Waals surface area contributed by atoms with Crippen molar-refractivity contribution in [1.29, 1.82) is 0 Å². The molecule has 1 aliphatic rings. The van der Waals surface area contributed by atoms with Gasteiger partial charge in [-0.15, -0.1) is 0 Å². The summed E-state index contributed by atoms with van der Waals surface area (Å²) < 4.78 is 0. The highest BCUT2D eigenvalue weighted by Crippen LogP contribution is 2.37. The van der Waals surface area contributed by atoms with Gasteiger partial charge < -0.3 is 5.11 Å². The number of likely N-dealkylation sites (N-methyl/N-ethyl adjacent to an activating group) is 1. The van der Waals surface area contributed by atoms with E-state index in [9.17, 15) is 9.90 Å². The molecule has 100 valence electrons. The molecule has 0 aromatic carbocycles. The average Bonchev–Trinajstić information content (AvgIpc) is 2.24. The SMILES string of the molecule is CCCC(C(=O)O)N(C)C1CCC(C)(C)CC1. The molecule has 3 nitrogen and oxygen atoms in total. The molecule has 1 aliphatic carbocycles. The van der Waals surface area contributed by atoms with E-state index in [1.54, 1.807) is 0 Å². The predicted octanol–water partition coefficient (Wildman–Crippen LogP) is 3.14. The summed E-state index contributed by atoms with van der Waals surface area (Å²) in [6.45, 7) is 6.67. The van der Waals surface area contributed by atoms with E-state index in [1.165, 1.54) is 12.8 Å². The summed E-state index contributed by atoms with van der Waals surface area (Å²) in [6.07, 6.45) is 6.38. The molecule has 0 aromatic rings. The Morgan fingerprint density at radius 2 is 1.94 bits per heavy atom. The lowest BCUT2D eigenvalue weighted by atomic mass is 9.75. The Kier molecular flexibility index (Phi) is 4.99. The van der Waals surface area contributed by atoms with Gasteiger partial charge >= 0.3 is 5.97 Å². The van der Waals surface area contributed by atoms with E-state index in [-0.39, 0.29) is 6.04 Å². The highest BCUT2D eigenvalue weighted by Gasteiger charge is 2.33. The molecular weight excluding hydrogens is 214 g/mol. The second-order valence-electron chi connectivity index (χ2n) is 6.20. The van der Waals surface area contributed by atoms with Gasteiger partial charge in [-0.05, 0) is 44.6 Å². The number of nitrogens with zero attached hydrogens (tertiary/aromatic N) is 1. The Labute approximate surface area is 105 Å². The van der Waals surface area contributed by atoms with Crippen LogP contribution >= 0.6 is 0 Å². The highest BCUT2D eigenvalue weighted by atomic mass is 16.4. The molecule has 0 saturated heterocycles. The van der Waals surface area contributed by atoms with Crippen molar-refractivity contribution in [1.82, 2.24) is 4.90 Å². The third kappa shape index (κ3) is 3.98. The van der Waals surface area contributed by atoms with Gasteiger partial charge in [0.2, 0.25) is 0 Å². The highest BCUT2D eigenvalue weighted by molar-refractivity contribution is 5.73. The van der Waals surface area contributed by atoms with Crippen molar-refractivity contribution in [2.24, 2.45) is 5.41 Å². The Morgan fingerprint density at radius 3 is 2.35 bits per heavy atom. The van der Waals surface area contributed by atoms with Crippen LogP contribution in [0.25, 0.3) is 0 Å². The number of hydrogen-bond acceptors (Lipinski definition) is 2. The van der Waals surface area contributed by atoms with Crippen LogP contribution in [-0.2, 0) is 4.79 Å². The van der Waals surface area contributed by atoms with Crippen molar-refractivity contribution < 1.29 is 9.90 Å². The first-order chi connectivity index (χ1) is 7.87. The van der Waals surface area contributed by atoms with Crippen LogP contribution in [0.15, 0.2) is 0 Å². The number of carboxylic acids is 1. The van der Waals surface area contributed by atoms with Crippen LogP contribution in [0.3, 0.4) is 0 Å². The average molecular weight is 241 g/mol. The minimum atomic E-state index is -0.667. The smallest absolute Gasteiger partial charge is 0.320 e. The molecule has 0 bridgehead atoms. The van der Waals surface area contributed by atoms with Gasteiger partial charge in [0.05, 0.1) is 0 Å². The van der Waals surface area contributed by atoms with Crippen LogP contribution in [0.4, 0.5) is 0 Å². The Hall–Kier alpha value is -0.570. The molecule has 0 aromatic heterocycles. The molecule has 1 fully saturated rings. The Balaban J connectivity index is 2.57. The van der Waals surface area contributed by atoms with E-state index in [0.29, 0.717) is 11.5 Å². The van der Waals surface area contributed by atoms with Crippen LogP contribution < -0.4 is 0 Å². The van der Waals surface area contributed by atoms with Gasteiger partial charge in [0.15, 0.2) is 0 Å². The Morgan fingerprint density at radius 1 is 1.41 bits per heavy atom. The molecule has 1 rings (SSSR count). The van der Waals surface area contributed by atoms with Crippen LogP contribution in [0.5, 0.6) is 0 Å². The molecule has 17 heavy (non-hydrogen) atoms. The maximum atomic E-state index is 11.3. The Bertz CT molecular complexity index is 253. The minimum Gasteiger partial charge on any atom is -0.480 e. The zero-order chi connectivity index (χ0) is 13.1. The molecule has 0 amide bonds. The second kappa shape index (κ2) is 5.85. The van der Waals surface area contributed by atoms with Crippen LogP contribution in [0.1, 0.15) is 59.3 Å². The minimum absolute atomic E-state index is 0.300. The van der Waals surface area contributed by atoms with Gasteiger partial charge in [-0.1, -0.05) is 27.2 Å². The number of carboxylic acid groups (broad SMARTS) is 1. The molecule has 1 saturated carbocycles. The zero-order valence-electron chi connectivity index (χ0n) is 11.7. The van der Waals surface area contributed by atoms with E-state index in [4.69, 9.17) is 0 Å². The van der Waals surface area contributed by atoms with Crippen molar-refractivity contribution in [3.8, 4) is 0 Å². The maximum absolute atomic E-state index is 11.3. The lowest BCUT2D eigenvalue weighted by Crippen LogP contribution is -2.46. The number of carbonyl (C=O) groups is 1. The second-order valence-corrected chi connectivity index (χ2v) is 6.20. The number of aliphatic carboxylic acids is 1. The summed E-state index contributed by atoms with van der Waals surface area (Å²) in [5.41, 5.74) is 0.445. The van der Waals surface area contributed by atoms with E-state index in [2.05, 4.69) is 18.7 Å². The number of rotatable bonds is 5. The van der Waals surface area contributed by atoms with Crippen molar-refractivity contribution >= 4 is 5.97 Å². The fourth-order valence-electron chi connectivity index (χ4n) is 2.82. The molecular formula is C14H27NO2. The van der Waals surface area contributed by atoms with Crippen molar-refractivity contribution in [2.45, 2.75) is 71.4 Å². The fraction of sp³-hybridized carbons (Fsp3) is 0.929. The van der Waals surface area contributed by atoms with E-state index in [1.807, 2.05) is 14.0 Å². The quantitative estimate of drug-likeness (QED) is 0.804. The molecule has 1 N–H and O–H groups in total. The topological polar surface area (TPSA) is 40.5 Å². The summed E-state index contributed by atoms with van der Waals surface area (Å²) in [5.74, 6) is -0.667. The van der Waals surface area contributed by atoms with E-state index < -0.39 is 5.97 Å². The van der Waals surface area contributed by atoms with Gasteiger partial charge in [-0.3, -0.25) is 9.69 Å². The van der Waals surface area contributed by atoms with Crippen LogP contribution in [0, 0.1) is 5.41 Å². The third-order valence-electron chi connectivity index (χ3n) is 4.22. The first-order valence-electron chi connectivity index (χ1n) is 6.82. The van der Waals surface area contributed by atoms with Gasteiger partial charge in [0, 0.05) is 6.04 Å². The van der Waals surface area contributed by atoms with Crippen molar-refractivity contribution in [3.63, 3.8) is 0 Å². The zero-order valence-corrected chi connectivity index (χ0v) is 11.7. The summed E-state index contributed by atoms with van der Waals surface area (Å²) in [6, 6.07) is 0.155. The molecule has 1 unspecified atom stereocenters. The first kappa shape index (κ1) is 14.5.